The van der Waals surface area contributed by atoms with Gasteiger partial charge < -0.3 is 4.90 Å². The van der Waals surface area contributed by atoms with Crippen LogP contribution in [0.15, 0.2) is 36.9 Å². The lowest BCUT2D eigenvalue weighted by molar-refractivity contribution is 0.226. The van der Waals surface area contributed by atoms with Crippen LogP contribution in [0.3, 0.4) is 0 Å². The molecule has 1 aliphatic carbocycles. The summed E-state index contributed by atoms with van der Waals surface area (Å²) in [5, 5.41) is 2.03. The highest BCUT2D eigenvalue weighted by Gasteiger charge is 2.37. The van der Waals surface area contributed by atoms with E-state index in [0.717, 1.165) is 40.9 Å². The van der Waals surface area contributed by atoms with Crippen molar-refractivity contribution in [3.8, 4) is 11.1 Å². The summed E-state index contributed by atoms with van der Waals surface area (Å²) in [6.07, 6.45) is 13.4. The van der Waals surface area contributed by atoms with Crippen LogP contribution in [-0.2, 0) is 0 Å². The van der Waals surface area contributed by atoms with E-state index in [0.29, 0.717) is 15.5 Å². The second-order valence-electron chi connectivity index (χ2n) is 8.08. The molecule has 0 N–H and O–H groups in total. The molecule has 2 aliphatic rings. The van der Waals surface area contributed by atoms with Crippen LogP contribution in [0.25, 0.3) is 22.0 Å². The van der Waals surface area contributed by atoms with E-state index in [1.165, 1.54) is 38.5 Å². The minimum absolute atomic E-state index is 0.528. The van der Waals surface area contributed by atoms with E-state index < -0.39 is 0 Å². The van der Waals surface area contributed by atoms with Crippen molar-refractivity contribution in [3.05, 3.63) is 47.0 Å². The highest BCUT2D eigenvalue weighted by molar-refractivity contribution is 6.43. The van der Waals surface area contributed by atoms with E-state index in [4.69, 9.17) is 28.2 Å². The van der Waals surface area contributed by atoms with Crippen molar-refractivity contribution in [2.45, 2.75) is 38.5 Å². The highest BCUT2D eigenvalue weighted by Crippen LogP contribution is 2.47. The highest BCUT2D eigenvalue weighted by atomic mass is 35.5. The molecule has 5 rings (SSSR count). The molecular weight excluding hydrogens is 391 g/mol. The Kier molecular flexibility index (Phi) is 4.64. The van der Waals surface area contributed by atoms with E-state index in [1.54, 1.807) is 12.4 Å². The fraction of sp³-hybridized carbons (Fsp3) is 0.409. The molecule has 0 bridgehead atoms. The standard InChI is InChI=1S/C22H22Cl2N4/c23-18-5-3-4-15(19(18)24)16-13-26-21(17-12-25-14-27-20(16)17)28-10-8-22(9-11-28)6-1-2-7-22/h3-5,12-14H,1-2,6-11H2. The van der Waals surface area contributed by atoms with Gasteiger partial charge in [-0.1, -0.05) is 48.2 Å². The molecule has 28 heavy (non-hydrogen) atoms. The molecule has 3 aromatic rings. The zero-order valence-electron chi connectivity index (χ0n) is 15.7. The summed E-state index contributed by atoms with van der Waals surface area (Å²) >= 11 is 12.7. The summed E-state index contributed by atoms with van der Waals surface area (Å²) in [5.41, 5.74) is 3.18. The molecule has 2 aromatic heterocycles. The van der Waals surface area contributed by atoms with Crippen molar-refractivity contribution in [2.75, 3.05) is 18.0 Å². The monoisotopic (exact) mass is 412 g/mol. The van der Waals surface area contributed by atoms with Gasteiger partial charge in [-0.15, -0.1) is 0 Å². The van der Waals surface area contributed by atoms with Crippen molar-refractivity contribution >= 4 is 39.9 Å². The summed E-state index contributed by atoms with van der Waals surface area (Å²) in [5.74, 6) is 0.977. The zero-order valence-corrected chi connectivity index (χ0v) is 17.2. The lowest BCUT2D eigenvalue weighted by Crippen LogP contribution is -2.39. The molecule has 3 heterocycles. The van der Waals surface area contributed by atoms with Gasteiger partial charge in [0.15, 0.2) is 0 Å². The molecule has 0 amide bonds. The van der Waals surface area contributed by atoms with Crippen LogP contribution in [0.1, 0.15) is 38.5 Å². The van der Waals surface area contributed by atoms with Crippen LogP contribution in [0.5, 0.6) is 0 Å². The second-order valence-corrected chi connectivity index (χ2v) is 8.86. The second kappa shape index (κ2) is 7.16. The van der Waals surface area contributed by atoms with Crippen molar-refractivity contribution in [1.29, 1.82) is 0 Å². The first kappa shape index (κ1) is 18.1. The Labute approximate surface area is 174 Å². The van der Waals surface area contributed by atoms with Crippen LogP contribution in [-0.4, -0.2) is 28.0 Å². The predicted octanol–water partition coefficient (Wildman–Crippen LogP) is 6.16. The summed E-state index contributed by atoms with van der Waals surface area (Å²) in [6.45, 7) is 2.10. The van der Waals surface area contributed by atoms with Gasteiger partial charge in [0, 0.05) is 36.6 Å². The van der Waals surface area contributed by atoms with E-state index >= 15 is 0 Å². The summed E-state index contributed by atoms with van der Waals surface area (Å²) in [6, 6.07) is 5.65. The number of aromatic nitrogens is 3. The van der Waals surface area contributed by atoms with Gasteiger partial charge in [0.25, 0.3) is 0 Å². The maximum absolute atomic E-state index is 6.47. The van der Waals surface area contributed by atoms with Crippen molar-refractivity contribution in [1.82, 2.24) is 15.0 Å². The average molecular weight is 413 g/mol. The minimum atomic E-state index is 0.528. The Morgan fingerprint density at radius 2 is 1.68 bits per heavy atom. The number of hydrogen-bond donors (Lipinski definition) is 0. The topological polar surface area (TPSA) is 41.9 Å². The largest absolute Gasteiger partial charge is 0.356 e. The SMILES string of the molecule is Clc1cccc(-c2cnc(N3CCC4(CCCC4)CC3)c3cncnc23)c1Cl. The Balaban J connectivity index is 1.55. The first-order chi connectivity index (χ1) is 13.7. The third kappa shape index (κ3) is 3.03. The molecule has 0 unspecified atom stereocenters. The third-order valence-corrected chi connectivity index (χ3v) is 7.37. The fourth-order valence-electron chi connectivity index (χ4n) is 4.94. The lowest BCUT2D eigenvalue weighted by Gasteiger charge is -2.40. The number of pyridine rings is 1. The predicted molar refractivity (Wildman–Crippen MR) is 115 cm³/mol. The van der Waals surface area contributed by atoms with Gasteiger partial charge in [-0.25, -0.2) is 15.0 Å². The summed E-state index contributed by atoms with van der Waals surface area (Å²) in [4.78, 5) is 16.1. The van der Waals surface area contributed by atoms with Crippen LogP contribution in [0.2, 0.25) is 10.0 Å². The van der Waals surface area contributed by atoms with Crippen molar-refractivity contribution in [3.63, 3.8) is 0 Å². The molecule has 1 spiro atoms. The summed E-state index contributed by atoms with van der Waals surface area (Å²) < 4.78 is 0. The Morgan fingerprint density at radius 1 is 0.893 bits per heavy atom. The number of halogens is 2. The number of hydrogen-bond acceptors (Lipinski definition) is 4. The van der Waals surface area contributed by atoms with Crippen LogP contribution in [0, 0.1) is 5.41 Å². The smallest absolute Gasteiger partial charge is 0.139 e. The molecule has 2 fully saturated rings. The third-order valence-electron chi connectivity index (χ3n) is 6.55. The number of anilines is 1. The normalized spacial score (nSPS) is 18.9. The van der Waals surface area contributed by atoms with E-state index in [1.807, 2.05) is 24.5 Å². The molecule has 144 valence electrons. The minimum Gasteiger partial charge on any atom is -0.356 e. The number of benzene rings is 1. The van der Waals surface area contributed by atoms with Gasteiger partial charge in [-0.3, -0.25) is 0 Å². The molecule has 4 nitrogen and oxygen atoms in total. The van der Waals surface area contributed by atoms with Gasteiger partial charge in [0.2, 0.25) is 0 Å². The molecule has 1 saturated carbocycles. The summed E-state index contributed by atoms with van der Waals surface area (Å²) in [7, 11) is 0. The first-order valence-electron chi connectivity index (χ1n) is 9.95. The number of piperidine rings is 1. The molecule has 1 aliphatic heterocycles. The Morgan fingerprint density at radius 3 is 2.46 bits per heavy atom. The van der Waals surface area contributed by atoms with Crippen LogP contribution < -0.4 is 4.90 Å². The fourth-order valence-corrected chi connectivity index (χ4v) is 5.35. The first-order valence-corrected chi connectivity index (χ1v) is 10.7. The lowest BCUT2D eigenvalue weighted by atomic mass is 9.77. The van der Waals surface area contributed by atoms with E-state index in [2.05, 4.69) is 14.9 Å². The number of fused-ring (bicyclic) bond motifs is 1. The van der Waals surface area contributed by atoms with E-state index in [-0.39, 0.29) is 0 Å². The number of nitrogens with zero attached hydrogens (tertiary/aromatic N) is 4. The van der Waals surface area contributed by atoms with Gasteiger partial charge >= 0.3 is 0 Å². The zero-order chi connectivity index (χ0) is 19.1. The number of rotatable bonds is 2. The van der Waals surface area contributed by atoms with Crippen molar-refractivity contribution in [2.24, 2.45) is 5.41 Å². The van der Waals surface area contributed by atoms with Crippen LogP contribution >= 0.6 is 23.2 Å². The van der Waals surface area contributed by atoms with Gasteiger partial charge in [0.1, 0.15) is 12.1 Å². The van der Waals surface area contributed by atoms with Gasteiger partial charge in [0.05, 0.1) is 20.9 Å². The van der Waals surface area contributed by atoms with Crippen LogP contribution in [0.4, 0.5) is 5.82 Å². The maximum atomic E-state index is 6.47. The Hall–Kier alpha value is -1.91. The molecule has 0 radical (unpaired) electrons. The maximum Gasteiger partial charge on any atom is 0.139 e. The molecule has 0 atom stereocenters. The molecule has 1 saturated heterocycles. The quantitative estimate of drug-likeness (QED) is 0.505. The molecule has 6 heteroatoms. The average Bonchev–Trinajstić information content (AvgIpc) is 3.18. The van der Waals surface area contributed by atoms with Crippen molar-refractivity contribution < 1.29 is 0 Å². The Bertz CT molecular complexity index is 1020. The van der Waals surface area contributed by atoms with Gasteiger partial charge in [-0.2, -0.15) is 0 Å². The molecular formula is C22H22Cl2N4. The van der Waals surface area contributed by atoms with E-state index in [9.17, 15) is 0 Å². The van der Waals surface area contributed by atoms with Gasteiger partial charge in [-0.05, 0) is 37.2 Å². The molecule has 1 aromatic carbocycles.